The summed E-state index contributed by atoms with van der Waals surface area (Å²) in [6.45, 7) is 8.26. The molecule has 0 atom stereocenters. The number of hydrogen-bond donors (Lipinski definition) is 2. The molecule has 0 spiro atoms. The highest BCUT2D eigenvalue weighted by molar-refractivity contribution is 6.06. The summed E-state index contributed by atoms with van der Waals surface area (Å²) in [4.78, 5) is 10.5. The smallest absolute Gasteiger partial charge is 0.220 e. The number of aliphatic imine (C=N–C) groups is 2. The van der Waals surface area contributed by atoms with Gasteiger partial charge in [-0.1, -0.05) is 32.0 Å². The van der Waals surface area contributed by atoms with Crippen LogP contribution in [0.5, 0.6) is 0 Å². The van der Waals surface area contributed by atoms with Crippen LogP contribution in [0.1, 0.15) is 38.8 Å². The normalized spacial score (nSPS) is 17.7. The highest BCUT2D eigenvalue weighted by atomic mass is 15.4. The Morgan fingerprint density at radius 1 is 1.10 bits per heavy atom. The summed E-state index contributed by atoms with van der Waals surface area (Å²) >= 11 is 0. The first-order chi connectivity index (χ1) is 9.40. The second-order valence-corrected chi connectivity index (χ2v) is 5.40. The van der Waals surface area contributed by atoms with Crippen molar-refractivity contribution in [3.63, 3.8) is 0 Å². The summed E-state index contributed by atoms with van der Waals surface area (Å²) in [7, 11) is 0. The molecule has 5 heteroatoms. The molecule has 0 saturated carbocycles. The van der Waals surface area contributed by atoms with Crippen molar-refractivity contribution in [2.75, 3.05) is 4.90 Å². The van der Waals surface area contributed by atoms with Crippen LogP contribution in [0.15, 0.2) is 28.2 Å². The summed E-state index contributed by atoms with van der Waals surface area (Å²) in [5.74, 6) is 0.633. The van der Waals surface area contributed by atoms with Crippen molar-refractivity contribution in [1.29, 1.82) is 0 Å². The van der Waals surface area contributed by atoms with E-state index in [0.717, 1.165) is 18.5 Å². The number of benzene rings is 1. The molecule has 1 aliphatic heterocycles. The Labute approximate surface area is 120 Å². The number of para-hydroxylation sites is 1. The van der Waals surface area contributed by atoms with Crippen LogP contribution in [0.2, 0.25) is 0 Å². The standard InChI is InChI=1S/C15H23N5/c1-5-10-8-7-9-11(6-2)12(10)20-14(17)18-13(16)19-15(20,3)4/h7-9H,5-6H2,1-4H3,(H4,16,17,18,19). The zero-order valence-electron chi connectivity index (χ0n) is 12.6. The van der Waals surface area contributed by atoms with E-state index in [-0.39, 0.29) is 5.96 Å². The molecule has 0 radical (unpaired) electrons. The number of rotatable bonds is 3. The molecule has 108 valence electrons. The maximum Gasteiger partial charge on any atom is 0.220 e. The summed E-state index contributed by atoms with van der Waals surface area (Å²) in [5, 5.41) is 0. The van der Waals surface area contributed by atoms with E-state index in [1.807, 2.05) is 18.7 Å². The van der Waals surface area contributed by atoms with Gasteiger partial charge in [-0.2, -0.15) is 4.99 Å². The molecule has 2 rings (SSSR count). The van der Waals surface area contributed by atoms with E-state index in [0.29, 0.717) is 5.96 Å². The van der Waals surface area contributed by atoms with Gasteiger partial charge in [0.25, 0.3) is 0 Å². The third-order valence-corrected chi connectivity index (χ3v) is 3.58. The first-order valence-electron chi connectivity index (χ1n) is 7.01. The van der Waals surface area contributed by atoms with Crippen molar-refractivity contribution in [3.8, 4) is 0 Å². The zero-order chi connectivity index (χ0) is 14.9. The monoisotopic (exact) mass is 273 g/mol. The third-order valence-electron chi connectivity index (χ3n) is 3.58. The van der Waals surface area contributed by atoms with Gasteiger partial charge in [-0.05, 0) is 37.8 Å². The predicted molar refractivity (Wildman–Crippen MR) is 85.0 cm³/mol. The van der Waals surface area contributed by atoms with Crippen LogP contribution in [0, 0.1) is 0 Å². The van der Waals surface area contributed by atoms with Crippen LogP contribution in [0.25, 0.3) is 0 Å². The van der Waals surface area contributed by atoms with Gasteiger partial charge in [-0.15, -0.1) is 0 Å². The Hall–Kier alpha value is -2.04. The highest BCUT2D eigenvalue weighted by Crippen LogP contribution is 2.34. The van der Waals surface area contributed by atoms with Crippen LogP contribution >= 0.6 is 0 Å². The van der Waals surface area contributed by atoms with Crippen molar-refractivity contribution in [1.82, 2.24) is 0 Å². The lowest BCUT2D eigenvalue weighted by molar-refractivity contribution is 0.531. The van der Waals surface area contributed by atoms with Gasteiger partial charge in [-0.3, -0.25) is 4.90 Å². The largest absolute Gasteiger partial charge is 0.369 e. The minimum Gasteiger partial charge on any atom is -0.369 e. The van der Waals surface area contributed by atoms with E-state index in [2.05, 4.69) is 42.0 Å². The molecule has 1 aromatic carbocycles. The van der Waals surface area contributed by atoms with Gasteiger partial charge >= 0.3 is 0 Å². The maximum atomic E-state index is 6.14. The molecule has 0 aromatic heterocycles. The zero-order valence-corrected chi connectivity index (χ0v) is 12.6. The minimum atomic E-state index is -0.537. The third kappa shape index (κ3) is 2.35. The van der Waals surface area contributed by atoms with E-state index in [1.54, 1.807) is 0 Å². The van der Waals surface area contributed by atoms with Crippen LogP contribution in [-0.2, 0) is 12.8 Å². The predicted octanol–water partition coefficient (Wildman–Crippen LogP) is 2.00. The second-order valence-electron chi connectivity index (χ2n) is 5.40. The van der Waals surface area contributed by atoms with Gasteiger partial charge in [0.05, 0.1) is 5.69 Å². The number of guanidine groups is 2. The molecule has 0 bridgehead atoms. The van der Waals surface area contributed by atoms with Gasteiger partial charge in [0.1, 0.15) is 5.66 Å². The molecule has 1 heterocycles. The lowest BCUT2D eigenvalue weighted by atomic mass is 9.99. The van der Waals surface area contributed by atoms with Gasteiger partial charge in [0.2, 0.25) is 11.9 Å². The number of nitrogens with two attached hydrogens (primary N) is 2. The fraction of sp³-hybridized carbons (Fsp3) is 0.467. The molecule has 5 nitrogen and oxygen atoms in total. The van der Waals surface area contributed by atoms with Crippen molar-refractivity contribution in [2.45, 2.75) is 46.2 Å². The molecule has 0 unspecified atom stereocenters. The first-order valence-corrected chi connectivity index (χ1v) is 7.01. The lowest BCUT2D eigenvalue weighted by Gasteiger charge is -2.40. The Bertz CT molecular complexity index is 549. The molecule has 0 amide bonds. The van der Waals surface area contributed by atoms with Crippen LogP contribution in [0.4, 0.5) is 5.69 Å². The first kappa shape index (κ1) is 14.4. The van der Waals surface area contributed by atoms with E-state index in [9.17, 15) is 0 Å². The van der Waals surface area contributed by atoms with Crippen molar-refractivity contribution < 1.29 is 0 Å². The number of aryl methyl sites for hydroxylation is 2. The van der Waals surface area contributed by atoms with Crippen molar-refractivity contribution in [3.05, 3.63) is 29.3 Å². The average molecular weight is 273 g/mol. The molecule has 0 aliphatic carbocycles. The van der Waals surface area contributed by atoms with Crippen LogP contribution in [0.3, 0.4) is 0 Å². The van der Waals surface area contributed by atoms with Crippen molar-refractivity contribution in [2.24, 2.45) is 21.5 Å². The Kier molecular flexibility index (Phi) is 3.70. The molecule has 1 aliphatic rings. The van der Waals surface area contributed by atoms with Gasteiger partial charge in [-0.25, -0.2) is 4.99 Å². The Balaban J connectivity index is 2.64. The Morgan fingerprint density at radius 2 is 1.65 bits per heavy atom. The average Bonchev–Trinajstić information content (AvgIpc) is 2.36. The van der Waals surface area contributed by atoms with E-state index < -0.39 is 5.66 Å². The topological polar surface area (TPSA) is 80.0 Å². The molecule has 20 heavy (non-hydrogen) atoms. The van der Waals surface area contributed by atoms with E-state index >= 15 is 0 Å². The van der Waals surface area contributed by atoms with Crippen molar-refractivity contribution >= 4 is 17.6 Å². The van der Waals surface area contributed by atoms with Crippen LogP contribution < -0.4 is 16.4 Å². The molecular formula is C15H23N5. The molecule has 0 saturated heterocycles. The van der Waals surface area contributed by atoms with E-state index in [4.69, 9.17) is 11.5 Å². The summed E-state index contributed by atoms with van der Waals surface area (Å²) < 4.78 is 0. The SMILES string of the molecule is CCc1cccc(CC)c1N1C(N)=NC(N)=NC1(C)C. The highest BCUT2D eigenvalue weighted by Gasteiger charge is 2.35. The summed E-state index contributed by atoms with van der Waals surface area (Å²) in [5.41, 5.74) is 14.9. The number of nitrogens with zero attached hydrogens (tertiary/aromatic N) is 3. The second kappa shape index (κ2) is 5.15. The summed E-state index contributed by atoms with van der Waals surface area (Å²) in [6.07, 6.45) is 1.87. The molecule has 0 fully saturated rings. The fourth-order valence-corrected chi connectivity index (χ4v) is 2.69. The number of hydrogen-bond acceptors (Lipinski definition) is 5. The molecular weight excluding hydrogens is 250 g/mol. The Morgan fingerprint density at radius 3 is 2.10 bits per heavy atom. The maximum absolute atomic E-state index is 6.14. The molecule has 4 N–H and O–H groups in total. The summed E-state index contributed by atoms with van der Waals surface area (Å²) in [6, 6.07) is 6.34. The van der Waals surface area contributed by atoms with Gasteiger partial charge < -0.3 is 11.5 Å². The molecule has 1 aromatic rings. The van der Waals surface area contributed by atoms with Crippen LogP contribution in [-0.4, -0.2) is 17.6 Å². The number of anilines is 1. The van der Waals surface area contributed by atoms with Gasteiger partial charge in [0, 0.05) is 0 Å². The minimum absolute atomic E-state index is 0.232. The quantitative estimate of drug-likeness (QED) is 0.884. The fourth-order valence-electron chi connectivity index (χ4n) is 2.69. The van der Waals surface area contributed by atoms with Gasteiger partial charge in [0.15, 0.2) is 0 Å². The lowest BCUT2D eigenvalue weighted by Crippen LogP contribution is -2.55. The van der Waals surface area contributed by atoms with E-state index in [1.165, 1.54) is 11.1 Å².